The Balaban J connectivity index is 3.50. The number of halogens is 2. The van der Waals surface area contributed by atoms with E-state index in [1.165, 1.54) is 0 Å². The summed E-state index contributed by atoms with van der Waals surface area (Å²) >= 11 is 7.53. The third kappa shape index (κ3) is 6.30. The quantitative estimate of drug-likeness (QED) is 0.409. The van der Waals surface area contributed by atoms with Crippen molar-refractivity contribution in [3.8, 4) is 0 Å². The molecule has 0 N–H and O–H groups in total. The predicted molar refractivity (Wildman–Crippen MR) is 45.9 cm³/mol. The molecule has 0 saturated heterocycles. The first-order valence-corrected chi connectivity index (χ1v) is 3.38. The zero-order valence-electron chi connectivity index (χ0n) is 4.56. The second-order valence-corrected chi connectivity index (χ2v) is 3.29. The zero-order valence-corrected chi connectivity index (χ0v) is 7.48. The van der Waals surface area contributed by atoms with Crippen molar-refractivity contribution in [2.75, 3.05) is 7.05 Å². The average molecular weight is 243 g/mol. The lowest BCUT2D eigenvalue weighted by atomic mass is 10.6. The molecule has 0 aromatic rings. The van der Waals surface area contributed by atoms with Gasteiger partial charge in [0.1, 0.15) is 0 Å². The van der Waals surface area contributed by atoms with Crippen LogP contribution in [0, 0.1) is 0 Å². The molecular formula is C5H7ClIN. The topological polar surface area (TPSA) is 3.24 Å². The van der Waals surface area contributed by atoms with Crippen molar-refractivity contribution in [2.24, 2.45) is 0 Å². The van der Waals surface area contributed by atoms with E-state index in [2.05, 4.69) is 29.4 Å². The highest BCUT2D eigenvalue weighted by atomic mass is 127. The minimum Gasteiger partial charge on any atom is -0.325 e. The zero-order chi connectivity index (χ0) is 6.57. The van der Waals surface area contributed by atoms with Crippen molar-refractivity contribution in [2.45, 2.75) is 0 Å². The Bertz CT molecular complexity index is 109. The summed E-state index contributed by atoms with van der Waals surface area (Å²) in [5.41, 5.74) is 0. The summed E-state index contributed by atoms with van der Waals surface area (Å²) in [6, 6.07) is 0. The lowest BCUT2D eigenvalue weighted by Crippen LogP contribution is -1.88. The van der Waals surface area contributed by atoms with E-state index in [0.29, 0.717) is 5.03 Å². The summed E-state index contributed by atoms with van der Waals surface area (Å²) in [6.07, 6.45) is 3.56. The van der Waals surface area contributed by atoms with E-state index in [1.807, 2.05) is 16.4 Å². The van der Waals surface area contributed by atoms with E-state index < -0.39 is 0 Å². The Kier molecular flexibility index (Phi) is 4.36. The van der Waals surface area contributed by atoms with Gasteiger partial charge in [0.05, 0.1) is 22.9 Å². The van der Waals surface area contributed by atoms with Crippen molar-refractivity contribution in [3.63, 3.8) is 0 Å². The van der Waals surface area contributed by atoms with Crippen LogP contribution in [0.4, 0.5) is 0 Å². The van der Waals surface area contributed by atoms with Crippen LogP contribution in [-0.2, 0) is 0 Å². The first-order chi connectivity index (χ1) is 3.63. The monoisotopic (exact) mass is 243 g/mol. The van der Waals surface area contributed by atoms with E-state index >= 15 is 0 Å². The van der Waals surface area contributed by atoms with Gasteiger partial charge in [0.2, 0.25) is 0 Å². The second kappa shape index (κ2) is 4.21. The molecule has 0 aliphatic carbocycles. The maximum absolute atomic E-state index is 5.41. The standard InChI is InChI=1S/C5H7ClIN/c1-5(6)3-4-8(2)7/h3-4H,1H2,2H3/b4-3-. The van der Waals surface area contributed by atoms with Gasteiger partial charge < -0.3 is 3.11 Å². The number of nitrogens with zero attached hydrogens (tertiary/aromatic N) is 1. The van der Waals surface area contributed by atoms with Gasteiger partial charge >= 0.3 is 0 Å². The van der Waals surface area contributed by atoms with E-state index in [0.717, 1.165) is 0 Å². The van der Waals surface area contributed by atoms with Crippen LogP contribution in [0.5, 0.6) is 0 Å². The van der Waals surface area contributed by atoms with Crippen LogP contribution in [0.25, 0.3) is 0 Å². The van der Waals surface area contributed by atoms with Crippen LogP contribution in [0.2, 0.25) is 0 Å². The molecule has 0 rings (SSSR count). The van der Waals surface area contributed by atoms with Crippen LogP contribution in [-0.4, -0.2) is 10.2 Å². The summed E-state index contributed by atoms with van der Waals surface area (Å²) in [4.78, 5) is 0. The largest absolute Gasteiger partial charge is 0.325 e. The molecule has 0 heterocycles. The molecule has 8 heavy (non-hydrogen) atoms. The molecule has 0 aliphatic heterocycles. The van der Waals surface area contributed by atoms with E-state index in [1.54, 1.807) is 6.08 Å². The molecular weight excluding hydrogens is 236 g/mol. The first-order valence-electron chi connectivity index (χ1n) is 2.04. The van der Waals surface area contributed by atoms with Crippen molar-refractivity contribution in [3.05, 3.63) is 23.9 Å². The molecule has 0 atom stereocenters. The van der Waals surface area contributed by atoms with Crippen molar-refractivity contribution >= 4 is 34.5 Å². The normalized spacial score (nSPS) is 9.88. The van der Waals surface area contributed by atoms with Gasteiger partial charge in [0.15, 0.2) is 0 Å². The molecule has 0 radical (unpaired) electrons. The molecule has 0 aliphatic rings. The lowest BCUT2D eigenvalue weighted by molar-refractivity contribution is 0.835. The number of hydrogen-bond donors (Lipinski definition) is 0. The Morgan fingerprint density at radius 2 is 2.38 bits per heavy atom. The van der Waals surface area contributed by atoms with E-state index in [9.17, 15) is 0 Å². The van der Waals surface area contributed by atoms with Crippen molar-refractivity contribution in [1.29, 1.82) is 0 Å². The third-order valence-electron chi connectivity index (χ3n) is 0.461. The summed E-state index contributed by atoms with van der Waals surface area (Å²) < 4.78 is 1.87. The molecule has 3 heteroatoms. The van der Waals surface area contributed by atoms with Gasteiger partial charge in [-0.05, 0) is 6.08 Å². The average Bonchev–Trinajstić information content (AvgIpc) is 1.61. The van der Waals surface area contributed by atoms with Crippen LogP contribution in [0.15, 0.2) is 23.9 Å². The van der Waals surface area contributed by atoms with Gasteiger partial charge in [-0.1, -0.05) is 18.2 Å². The summed E-state index contributed by atoms with van der Waals surface area (Å²) in [6.45, 7) is 3.48. The SMILES string of the molecule is C=C(Cl)/C=C\N(C)I. The smallest absolute Gasteiger partial charge is 0.0583 e. The molecule has 0 bridgehead atoms. The minimum absolute atomic E-state index is 0.550. The maximum Gasteiger partial charge on any atom is 0.0583 e. The molecule has 0 saturated carbocycles. The Morgan fingerprint density at radius 3 is 2.50 bits per heavy atom. The van der Waals surface area contributed by atoms with Gasteiger partial charge in [-0.2, -0.15) is 0 Å². The molecule has 46 valence electrons. The lowest BCUT2D eigenvalue weighted by Gasteiger charge is -1.97. The number of allylic oxidation sites excluding steroid dienone is 2. The van der Waals surface area contributed by atoms with Crippen LogP contribution >= 0.6 is 34.5 Å². The minimum atomic E-state index is 0.550. The van der Waals surface area contributed by atoms with Gasteiger partial charge in [-0.25, -0.2) is 0 Å². The second-order valence-electron chi connectivity index (χ2n) is 1.29. The fraction of sp³-hybridized carbons (Fsp3) is 0.200. The first kappa shape index (κ1) is 8.30. The molecule has 0 amide bonds. The molecule has 0 aromatic heterocycles. The third-order valence-corrected chi connectivity index (χ3v) is 0.908. The highest BCUT2D eigenvalue weighted by Gasteiger charge is 1.77. The molecule has 1 nitrogen and oxygen atoms in total. The van der Waals surface area contributed by atoms with Gasteiger partial charge in [-0.15, -0.1) is 0 Å². The van der Waals surface area contributed by atoms with Gasteiger partial charge in [0.25, 0.3) is 0 Å². The summed E-state index contributed by atoms with van der Waals surface area (Å²) in [5.74, 6) is 0. The number of hydrogen-bond acceptors (Lipinski definition) is 1. The van der Waals surface area contributed by atoms with Crippen LogP contribution in [0.1, 0.15) is 0 Å². The highest BCUT2D eigenvalue weighted by Crippen LogP contribution is 2.01. The van der Waals surface area contributed by atoms with E-state index in [-0.39, 0.29) is 0 Å². The van der Waals surface area contributed by atoms with Crippen LogP contribution in [0.3, 0.4) is 0 Å². The molecule has 0 fully saturated rings. The van der Waals surface area contributed by atoms with Crippen LogP contribution < -0.4 is 0 Å². The molecule has 0 aromatic carbocycles. The molecule has 0 unspecified atom stereocenters. The van der Waals surface area contributed by atoms with Crippen molar-refractivity contribution < 1.29 is 0 Å². The predicted octanol–water partition coefficient (Wildman–Crippen LogP) is 2.53. The Hall–Kier alpha value is 0.300. The number of rotatable bonds is 2. The molecule has 0 spiro atoms. The van der Waals surface area contributed by atoms with Gasteiger partial charge in [-0.3, -0.25) is 0 Å². The van der Waals surface area contributed by atoms with Crippen molar-refractivity contribution in [1.82, 2.24) is 3.11 Å². The Labute approximate surface area is 68.5 Å². The fourth-order valence-electron chi connectivity index (χ4n) is 0.184. The van der Waals surface area contributed by atoms with Gasteiger partial charge in [0, 0.05) is 18.3 Å². The summed E-state index contributed by atoms with van der Waals surface area (Å²) in [5, 5.41) is 0.550. The van der Waals surface area contributed by atoms with E-state index in [4.69, 9.17) is 11.6 Å². The Morgan fingerprint density at radius 1 is 1.88 bits per heavy atom. The highest BCUT2D eigenvalue weighted by molar-refractivity contribution is 14.1. The fourth-order valence-corrected chi connectivity index (χ4v) is 0.401. The summed E-state index contributed by atoms with van der Waals surface area (Å²) in [7, 11) is 1.91. The maximum atomic E-state index is 5.41.